The zero-order valence-electron chi connectivity index (χ0n) is 34.0. The summed E-state index contributed by atoms with van der Waals surface area (Å²) in [5, 5.41) is 100.0. The van der Waals surface area contributed by atoms with Crippen LogP contribution < -0.4 is 0 Å². The van der Waals surface area contributed by atoms with Crippen LogP contribution in [0, 0.1) is 46.3 Å². The van der Waals surface area contributed by atoms with Crippen molar-refractivity contribution in [2.75, 3.05) is 20.3 Å². The van der Waals surface area contributed by atoms with Crippen molar-refractivity contribution >= 4 is 10.4 Å². The summed E-state index contributed by atoms with van der Waals surface area (Å²) >= 11 is 0. The van der Waals surface area contributed by atoms with Gasteiger partial charge in [0.25, 0.3) is 0 Å². The van der Waals surface area contributed by atoms with Crippen molar-refractivity contribution < 1.29 is 91.8 Å². The van der Waals surface area contributed by atoms with E-state index in [4.69, 9.17) is 32.9 Å². The molecule has 10 N–H and O–H groups in total. The van der Waals surface area contributed by atoms with Crippen LogP contribution >= 0.6 is 0 Å². The summed E-state index contributed by atoms with van der Waals surface area (Å²) in [6.07, 6.45) is -15.5. The summed E-state index contributed by atoms with van der Waals surface area (Å²) in [4.78, 5) is 11.6. The number of aliphatic hydroxyl groups excluding tert-OH is 8. The van der Waals surface area contributed by atoms with Gasteiger partial charge in [-0.1, -0.05) is 34.6 Å². The maximum Gasteiger partial charge on any atom is 0.397 e. The molecule has 338 valence electrons. The second-order valence-corrected chi connectivity index (χ2v) is 19.8. The lowest BCUT2D eigenvalue weighted by Crippen LogP contribution is -2.77. The van der Waals surface area contributed by atoms with E-state index in [1.54, 1.807) is 6.92 Å². The van der Waals surface area contributed by atoms with Gasteiger partial charge in [0.2, 0.25) is 6.29 Å². The van der Waals surface area contributed by atoms with Crippen LogP contribution in [-0.2, 0) is 43.3 Å². The van der Waals surface area contributed by atoms with Gasteiger partial charge in [0.05, 0.1) is 37.6 Å². The topological polar surface area (TPSA) is 301 Å². The zero-order valence-corrected chi connectivity index (χ0v) is 34.8. The number of fused-ring (bicyclic) bond motifs is 5. The molecule has 0 amide bonds. The summed E-state index contributed by atoms with van der Waals surface area (Å²) in [7, 11) is -3.87. The lowest BCUT2D eigenvalue weighted by molar-refractivity contribution is -0.419. The van der Waals surface area contributed by atoms with Gasteiger partial charge < -0.3 is 64.9 Å². The summed E-state index contributed by atoms with van der Waals surface area (Å²) in [6.45, 7) is 8.84. The van der Waals surface area contributed by atoms with Crippen LogP contribution in [0.3, 0.4) is 0 Å². The molecule has 0 spiro atoms. The Labute approximate surface area is 339 Å². The maximum atomic E-state index is 12.8. The van der Waals surface area contributed by atoms with Gasteiger partial charge in [0, 0.05) is 18.9 Å². The third kappa shape index (κ3) is 8.16. The zero-order chi connectivity index (χ0) is 42.9. The van der Waals surface area contributed by atoms with Crippen LogP contribution in [0.2, 0.25) is 0 Å². The molecule has 6 fully saturated rings. The first-order valence-corrected chi connectivity index (χ1v) is 21.9. The predicted molar refractivity (Wildman–Crippen MR) is 197 cm³/mol. The molecule has 0 aromatic heterocycles. The van der Waals surface area contributed by atoms with Gasteiger partial charge in [-0.05, 0) is 79.4 Å². The highest BCUT2D eigenvalue weighted by molar-refractivity contribution is 7.80. The van der Waals surface area contributed by atoms with E-state index in [0.717, 1.165) is 0 Å². The molecule has 2 heterocycles. The van der Waals surface area contributed by atoms with Gasteiger partial charge in [-0.25, -0.2) is 14.0 Å². The summed E-state index contributed by atoms with van der Waals surface area (Å²) in [5.41, 5.74) is -3.87. The highest BCUT2D eigenvalue weighted by atomic mass is 32.3. The third-order valence-corrected chi connectivity index (χ3v) is 15.7. The van der Waals surface area contributed by atoms with Crippen LogP contribution in [0.25, 0.3) is 0 Å². The molecule has 0 bridgehead atoms. The molecule has 0 aromatic rings. The van der Waals surface area contributed by atoms with Crippen molar-refractivity contribution in [3.8, 4) is 0 Å². The van der Waals surface area contributed by atoms with Crippen molar-refractivity contribution in [2.24, 2.45) is 46.3 Å². The van der Waals surface area contributed by atoms with Gasteiger partial charge in [-0.15, -0.1) is 0 Å². The molecule has 0 aromatic carbocycles. The normalized spacial score (nSPS) is 50.6. The predicted octanol–water partition coefficient (Wildman–Crippen LogP) is -1.22. The average molecular weight is 859 g/mol. The molecule has 4 saturated carbocycles. The minimum Gasteiger partial charge on any atom is -0.394 e. The second kappa shape index (κ2) is 17.4. The first kappa shape index (κ1) is 46.8. The SMILES string of the molecule is CO[C@@H]1[C@@H](O)[C@H](O[C@H]2[C@H](OO[C@@H](CC[C@@H](C)[C@H]3C[C@@H](O)[C@@H]4[C@]3(C)CC[C@@H]3[C@@]5(C)CC[C@H](O)[C@H](O)[C@@H]5[C@@H](OS(=O)(=O)O)[C@@H](O)[C@]34O)C(C)C)O[C@@H](CO)[C@@H]2O)OC[C@H]1O. The van der Waals surface area contributed by atoms with E-state index in [9.17, 15) is 58.9 Å². The summed E-state index contributed by atoms with van der Waals surface area (Å²) < 4.78 is 61.3. The average Bonchev–Trinajstić information content (AvgIpc) is 3.60. The molecule has 4 aliphatic carbocycles. The van der Waals surface area contributed by atoms with Gasteiger partial charge >= 0.3 is 10.4 Å². The van der Waals surface area contributed by atoms with E-state index in [2.05, 4.69) is 0 Å². The smallest absolute Gasteiger partial charge is 0.394 e. The molecule has 19 nitrogen and oxygen atoms in total. The first-order chi connectivity index (χ1) is 27.0. The van der Waals surface area contributed by atoms with Crippen LogP contribution in [0.15, 0.2) is 0 Å². The number of ether oxygens (including phenoxy) is 4. The molecule has 0 radical (unpaired) electrons. The summed E-state index contributed by atoms with van der Waals surface area (Å²) in [6, 6.07) is 0. The fourth-order valence-electron chi connectivity index (χ4n) is 12.3. The number of methoxy groups -OCH3 is 1. The van der Waals surface area contributed by atoms with Gasteiger partial charge in [-0.3, -0.25) is 4.55 Å². The number of aliphatic hydroxyl groups is 9. The number of hydrogen-bond donors (Lipinski definition) is 10. The molecule has 20 heteroatoms. The minimum atomic E-state index is -5.19. The van der Waals surface area contributed by atoms with Gasteiger partial charge in [-0.2, -0.15) is 8.42 Å². The van der Waals surface area contributed by atoms with Crippen LogP contribution in [-0.4, -0.2) is 171 Å². The molecule has 2 saturated heterocycles. The van der Waals surface area contributed by atoms with E-state index in [0.29, 0.717) is 25.7 Å². The Balaban J connectivity index is 1.15. The van der Waals surface area contributed by atoms with Crippen molar-refractivity contribution in [1.29, 1.82) is 0 Å². The fraction of sp³-hybridized carbons (Fsp3) is 1.00. The number of hydrogen-bond acceptors (Lipinski definition) is 18. The van der Waals surface area contributed by atoms with E-state index >= 15 is 0 Å². The second-order valence-electron chi connectivity index (χ2n) is 18.7. The van der Waals surface area contributed by atoms with Crippen molar-refractivity contribution in [2.45, 2.75) is 171 Å². The lowest BCUT2D eigenvalue weighted by Gasteiger charge is -2.68. The van der Waals surface area contributed by atoms with Crippen molar-refractivity contribution in [3.05, 3.63) is 0 Å². The van der Waals surface area contributed by atoms with Crippen molar-refractivity contribution in [1.82, 2.24) is 0 Å². The molecule has 2 aliphatic heterocycles. The Morgan fingerprint density at radius 3 is 2.12 bits per heavy atom. The van der Waals surface area contributed by atoms with Gasteiger partial charge in [0.15, 0.2) is 6.29 Å². The Bertz CT molecular complexity index is 1510. The van der Waals surface area contributed by atoms with Crippen molar-refractivity contribution in [3.63, 3.8) is 0 Å². The monoisotopic (exact) mass is 858 g/mol. The molecule has 6 aliphatic rings. The van der Waals surface area contributed by atoms with Crippen LogP contribution in [0.5, 0.6) is 0 Å². The Kier molecular flexibility index (Phi) is 14.1. The van der Waals surface area contributed by atoms with E-state index in [1.165, 1.54) is 7.11 Å². The quantitative estimate of drug-likeness (QED) is 0.0556. The van der Waals surface area contributed by atoms with E-state index in [1.807, 2.05) is 27.7 Å². The number of rotatable bonds is 14. The lowest BCUT2D eigenvalue weighted by atomic mass is 9.40. The Morgan fingerprint density at radius 1 is 0.828 bits per heavy atom. The van der Waals surface area contributed by atoms with Crippen LogP contribution in [0.4, 0.5) is 0 Å². The molecular formula is C38H66O19S. The van der Waals surface area contributed by atoms with Crippen LogP contribution in [0.1, 0.15) is 79.6 Å². The van der Waals surface area contributed by atoms with Gasteiger partial charge in [0.1, 0.15) is 54.4 Å². The third-order valence-electron chi connectivity index (χ3n) is 15.2. The summed E-state index contributed by atoms with van der Waals surface area (Å²) in [5.74, 6) is -3.16. The molecule has 22 atom stereocenters. The standard InChI is InChI=1S/C38H66O19S/c1-16(2)22(55-56-35-31(27(44)23(14-39)53-35)54-34-28(45)29(51-6)21(42)15-52-34)8-7-17(3)18-13-20(41)32-36(18,4)12-10-24-37(5)11-9-19(40)26(43)25(37)30(57-58(48,49)50)33(46)38(24,32)47/h16-35,39-47H,7-15H2,1-6H3,(H,48,49,50)/t17-,18-,19+,20-,21-,22+,23+,24-,25-,26+,27+,28-,29+,30-,31-,32-,33-,34+,35+,36-,37-,38+/m1/s1. The fourth-order valence-corrected chi connectivity index (χ4v) is 12.8. The molecule has 58 heavy (non-hydrogen) atoms. The largest absolute Gasteiger partial charge is 0.397 e. The first-order valence-electron chi connectivity index (χ1n) is 20.6. The molecular weight excluding hydrogens is 792 g/mol. The minimum absolute atomic E-state index is 0.0799. The highest BCUT2D eigenvalue weighted by Gasteiger charge is 2.75. The highest BCUT2D eigenvalue weighted by Crippen LogP contribution is 2.70. The molecule has 6 rings (SSSR count). The molecule has 0 unspecified atom stereocenters. The Hall–Kier alpha value is -0.730. The Morgan fingerprint density at radius 2 is 1.50 bits per heavy atom. The van der Waals surface area contributed by atoms with E-state index < -0.39 is 137 Å². The maximum absolute atomic E-state index is 12.8. The van der Waals surface area contributed by atoms with E-state index in [-0.39, 0.29) is 43.6 Å².